The predicted octanol–water partition coefficient (Wildman–Crippen LogP) is -0.280. The number of hydrogen-bond donors (Lipinski definition) is 3. The number of methoxy groups -OCH3 is 1. The highest BCUT2D eigenvalue weighted by molar-refractivity contribution is 5.84. The van der Waals surface area contributed by atoms with Gasteiger partial charge in [-0.1, -0.05) is 6.42 Å². The third kappa shape index (κ3) is 2.95. The third-order valence-corrected chi connectivity index (χ3v) is 3.56. The largest absolute Gasteiger partial charge is 0.479 e. The number of ether oxygens (including phenoxy) is 1. The lowest BCUT2D eigenvalue weighted by Crippen LogP contribution is -2.49. The van der Waals surface area contributed by atoms with Crippen molar-refractivity contribution in [1.29, 1.82) is 0 Å². The highest BCUT2D eigenvalue weighted by atomic mass is 16.5. The Labute approximate surface area is 101 Å². The number of rotatable bonds is 5. The summed E-state index contributed by atoms with van der Waals surface area (Å²) in [6, 6.07) is -0.159. The Bertz CT molecular complexity index is 308. The number of amides is 1. The van der Waals surface area contributed by atoms with Crippen LogP contribution < -0.4 is 11.1 Å². The molecule has 0 bridgehead atoms. The second-order valence-corrected chi connectivity index (χ2v) is 4.69. The fourth-order valence-corrected chi connectivity index (χ4v) is 2.13. The van der Waals surface area contributed by atoms with Crippen molar-refractivity contribution >= 4 is 11.9 Å². The minimum absolute atomic E-state index is 0.0347. The van der Waals surface area contributed by atoms with E-state index in [0.717, 1.165) is 19.3 Å². The van der Waals surface area contributed by atoms with Crippen molar-refractivity contribution < 1.29 is 19.4 Å². The van der Waals surface area contributed by atoms with Gasteiger partial charge in [0.2, 0.25) is 5.91 Å². The molecule has 6 nitrogen and oxygen atoms in total. The molecule has 0 aromatic heterocycles. The zero-order valence-electron chi connectivity index (χ0n) is 10.2. The molecule has 3 unspecified atom stereocenters. The van der Waals surface area contributed by atoms with E-state index in [2.05, 4.69) is 5.32 Å². The van der Waals surface area contributed by atoms with Crippen molar-refractivity contribution in [2.45, 2.75) is 38.3 Å². The second kappa shape index (κ2) is 5.46. The van der Waals surface area contributed by atoms with Gasteiger partial charge in [-0.25, -0.2) is 4.79 Å². The van der Waals surface area contributed by atoms with Crippen LogP contribution in [0, 0.1) is 5.41 Å². The van der Waals surface area contributed by atoms with Crippen molar-refractivity contribution in [3.05, 3.63) is 0 Å². The van der Waals surface area contributed by atoms with Gasteiger partial charge in [0.25, 0.3) is 0 Å². The van der Waals surface area contributed by atoms with E-state index in [1.165, 1.54) is 7.11 Å². The van der Waals surface area contributed by atoms with Gasteiger partial charge >= 0.3 is 5.97 Å². The smallest absolute Gasteiger partial charge is 0.334 e. The first kappa shape index (κ1) is 13.9. The SMILES string of the molecule is COC(CNC(=O)C1(C)CCCC1N)C(=O)O. The lowest BCUT2D eigenvalue weighted by Gasteiger charge is -2.28. The highest BCUT2D eigenvalue weighted by Gasteiger charge is 2.43. The fourth-order valence-electron chi connectivity index (χ4n) is 2.13. The Morgan fingerprint density at radius 2 is 2.29 bits per heavy atom. The molecule has 98 valence electrons. The van der Waals surface area contributed by atoms with Crippen LogP contribution in [0.1, 0.15) is 26.2 Å². The molecule has 1 aliphatic carbocycles. The maximum atomic E-state index is 12.0. The molecule has 0 aromatic rings. The maximum Gasteiger partial charge on any atom is 0.334 e. The molecule has 1 rings (SSSR count). The van der Waals surface area contributed by atoms with Crippen LogP contribution in [0.25, 0.3) is 0 Å². The van der Waals surface area contributed by atoms with E-state index in [1.54, 1.807) is 0 Å². The summed E-state index contributed by atoms with van der Waals surface area (Å²) in [5.41, 5.74) is 5.32. The first-order valence-electron chi connectivity index (χ1n) is 5.71. The van der Waals surface area contributed by atoms with E-state index in [1.807, 2.05) is 6.92 Å². The number of hydrogen-bond acceptors (Lipinski definition) is 4. The first-order valence-corrected chi connectivity index (χ1v) is 5.71. The molecule has 1 fully saturated rings. The van der Waals surface area contributed by atoms with Gasteiger partial charge in [0.15, 0.2) is 6.10 Å². The van der Waals surface area contributed by atoms with Crippen molar-refractivity contribution in [2.24, 2.45) is 11.1 Å². The standard InChI is InChI=1S/C11H20N2O4/c1-11(5-3-4-8(11)12)10(16)13-6-7(17-2)9(14)15/h7-8H,3-6,12H2,1-2H3,(H,13,16)(H,14,15). The van der Waals surface area contributed by atoms with Crippen LogP contribution in [0.4, 0.5) is 0 Å². The van der Waals surface area contributed by atoms with Crippen LogP contribution in [-0.4, -0.2) is 42.8 Å². The van der Waals surface area contributed by atoms with Gasteiger partial charge in [0, 0.05) is 13.2 Å². The molecular weight excluding hydrogens is 224 g/mol. The summed E-state index contributed by atoms with van der Waals surface area (Å²) in [6.07, 6.45) is 1.49. The Morgan fingerprint density at radius 1 is 1.65 bits per heavy atom. The topological polar surface area (TPSA) is 102 Å². The molecule has 1 saturated carbocycles. The molecule has 0 radical (unpaired) electrons. The van der Waals surface area contributed by atoms with Crippen molar-refractivity contribution in [3.63, 3.8) is 0 Å². The van der Waals surface area contributed by atoms with Gasteiger partial charge in [-0.2, -0.15) is 0 Å². The van der Waals surface area contributed by atoms with Crippen LogP contribution in [0.2, 0.25) is 0 Å². The third-order valence-electron chi connectivity index (χ3n) is 3.56. The first-order chi connectivity index (χ1) is 7.91. The zero-order chi connectivity index (χ0) is 13.1. The Kier molecular flexibility index (Phi) is 4.47. The van der Waals surface area contributed by atoms with Crippen LogP contribution in [0.3, 0.4) is 0 Å². The number of carboxylic acids is 1. The van der Waals surface area contributed by atoms with Crippen molar-refractivity contribution in [2.75, 3.05) is 13.7 Å². The lowest BCUT2D eigenvalue weighted by atomic mass is 9.84. The molecule has 0 heterocycles. The molecule has 0 aliphatic heterocycles. The molecule has 1 amide bonds. The summed E-state index contributed by atoms with van der Waals surface area (Å²) in [4.78, 5) is 22.7. The number of nitrogens with two attached hydrogens (primary N) is 1. The molecular formula is C11H20N2O4. The molecule has 0 saturated heterocycles. The summed E-state index contributed by atoms with van der Waals surface area (Å²) < 4.78 is 4.74. The zero-order valence-corrected chi connectivity index (χ0v) is 10.2. The van der Waals surface area contributed by atoms with Gasteiger partial charge in [-0.3, -0.25) is 4.79 Å². The number of carbonyl (C=O) groups is 2. The van der Waals surface area contributed by atoms with E-state index in [4.69, 9.17) is 15.6 Å². The summed E-state index contributed by atoms with van der Waals surface area (Å²) >= 11 is 0. The lowest BCUT2D eigenvalue weighted by molar-refractivity contribution is -0.148. The summed E-state index contributed by atoms with van der Waals surface area (Å²) in [5.74, 6) is -1.28. The van der Waals surface area contributed by atoms with Crippen LogP contribution >= 0.6 is 0 Å². The van der Waals surface area contributed by atoms with Gasteiger partial charge < -0.3 is 20.9 Å². The van der Waals surface area contributed by atoms with E-state index >= 15 is 0 Å². The molecule has 6 heteroatoms. The monoisotopic (exact) mass is 244 g/mol. The number of nitrogens with one attached hydrogen (secondary N) is 1. The average Bonchev–Trinajstić information content (AvgIpc) is 2.60. The summed E-state index contributed by atoms with van der Waals surface area (Å²) in [6.45, 7) is 1.79. The Balaban J connectivity index is 2.52. The Morgan fingerprint density at radius 3 is 2.71 bits per heavy atom. The van der Waals surface area contributed by atoms with Crippen LogP contribution in [-0.2, 0) is 14.3 Å². The summed E-state index contributed by atoms with van der Waals surface area (Å²) in [7, 11) is 1.30. The van der Waals surface area contributed by atoms with E-state index in [0.29, 0.717) is 0 Å². The van der Waals surface area contributed by atoms with Gasteiger partial charge in [0.1, 0.15) is 0 Å². The van der Waals surface area contributed by atoms with Gasteiger partial charge in [0.05, 0.1) is 12.0 Å². The van der Waals surface area contributed by atoms with Crippen LogP contribution in [0.5, 0.6) is 0 Å². The quantitative estimate of drug-likeness (QED) is 0.617. The van der Waals surface area contributed by atoms with Gasteiger partial charge in [-0.05, 0) is 19.8 Å². The molecule has 4 N–H and O–H groups in total. The van der Waals surface area contributed by atoms with Gasteiger partial charge in [-0.15, -0.1) is 0 Å². The van der Waals surface area contributed by atoms with Crippen molar-refractivity contribution in [1.82, 2.24) is 5.32 Å². The van der Waals surface area contributed by atoms with Crippen LogP contribution in [0.15, 0.2) is 0 Å². The minimum Gasteiger partial charge on any atom is -0.479 e. The van der Waals surface area contributed by atoms with E-state index in [-0.39, 0.29) is 18.5 Å². The summed E-state index contributed by atoms with van der Waals surface area (Å²) in [5, 5.41) is 11.4. The second-order valence-electron chi connectivity index (χ2n) is 4.69. The minimum atomic E-state index is -1.09. The molecule has 0 spiro atoms. The molecule has 1 aliphatic rings. The number of carboxylic acid groups (broad SMARTS) is 1. The number of carbonyl (C=O) groups excluding carboxylic acids is 1. The highest BCUT2D eigenvalue weighted by Crippen LogP contribution is 2.36. The molecule has 3 atom stereocenters. The van der Waals surface area contributed by atoms with Crippen molar-refractivity contribution in [3.8, 4) is 0 Å². The van der Waals surface area contributed by atoms with E-state index in [9.17, 15) is 9.59 Å². The maximum absolute atomic E-state index is 12.0. The Hall–Kier alpha value is -1.14. The average molecular weight is 244 g/mol. The van der Waals surface area contributed by atoms with E-state index < -0.39 is 17.5 Å². The predicted molar refractivity (Wildman–Crippen MR) is 61.4 cm³/mol. The normalized spacial score (nSPS) is 29.9. The fraction of sp³-hybridized carbons (Fsp3) is 0.818. The molecule has 0 aromatic carbocycles. The molecule has 17 heavy (non-hydrogen) atoms. The number of aliphatic carboxylic acids is 1.